The highest BCUT2D eigenvalue weighted by Gasteiger charge is 2.47. The number of anilines is 1. The van der Waals surface area contributed by atoms with Gasteiger partial charge in [0.1, 0.15) is 17.6 Å². The number of carbonyl (C=O) groups is 2. The lowest BCUT2D eigenvalue weighted by atomic mass is 9.98. The van der Waals surface area contributed by atoms with Gasteiger partial charge in [-0.1, -0.05) is 17.7 Å². The molecule has 0 aliphatic carbocycles. The van der Waals surface area contributed by atoms with E-state index >= 15 is 0 Å². The Kier molecular flexibility index (Phi) is 5.32. The van der Waals surface area contributed by atoms with Gasteiger partial charge in [-0.3, -0.25) is 14.5 Å². The summed E-state index contributed by atoms with van der Waals surface area (Å²) in [6, 6.07) is 16.6. The van der Waals surface area contributed by atoms with Crippen LogP contribution in [0, 0.1) is 18.3 Å². The SMILES string of the molecule is COc1ccc(C)cc1/C(O)=C1/C(=O)C(=O)N(c2ccc(C#N)cc2)C1c1cccs1. The number of ketones is 1. The molecule has 0 radical (unpaired) electrons. The topological polar surface area (TPSA) is 90.6 Å². The second-order valence-corrected chi connectivity index (χ2v) is 8.03. The molecule has 0 spiro atoms. The number of rotatable bonds is 4. The molecule has 1 N–H and O–H groups in total. The molecule has 2 aromatic carbocycles. The van der Waals surface area contributed by atoms with E-state index in [1.807, 2.05) is 36.6 Å². The lowest BCUT2D eigenvalue weighted by Gasteiger charge is -2.24. The van der Waals surface area contributed by atoms with Crippen LogP contribution in [0.2, 0.25) is 0 Å². The Bertz CT molecular complexity index is 1240. The molecule has 1 unspecified atom stereocenters. The maximum absolute atomic E-state index is 13.1. The summed E-state index contributed by atoms with van der Waals surface area (Å²) < 4.78 is 5.37. The first-order chi connectivity index (χ1) is 15.0. The van der Waals surface area contributed by atoms with Crippen LogP contribution in [0.1, 0.15) is 27.6 Å². The number of carbonyl (C=O) groups excluding carboxylic acids is 2. The molecule has 6 nitrogen and oxygen atoms in total. The minimum atomic E-state index is -0.793. The minimum Gasteiger partial charge on any atom is -0.507 e. The van der Waals surface area contributed by atoms with Crippen molar-refractivity contribution in [1.29, 1.82) is 5.26 Å². The highest BCUT2D eigenvalue weighted by Crippen LogP contribution is 2.44. The first-order valence-electron chi connectivity index (χ1n) is 9.46. The van der Waals surface area contributed by atoms with E-state index in [2.05, 4.69) is 0 Å². The largest absolute Gasteiger partial charge is 0.507 e. The van der Waals surface area contributed by atoms with Gasteiger partial charge in [0.05, 0.1) is 29.9 Å². The fourth-order valence-corrected chi connectivity index (χ4v) is 4.49. The number of ether oxygens (including phenoxy) is 1. The second-order valence-electron chi connectivity index (χ2n) is 7.05. The molecule has 4 rings (SSSR count). The van der Waals surface area contributed by atoms with Crippen molar-refractivity contribution >= 4 is 34.5 Å². The summed E-state index contributed by atoms with van der Waals surface area (Å²) in [4.78, 5) is 28.3. The first-order valence-corrected chi connectivity index (χ1v) is 10.3. The molecule has 1 atom stereocenters. The molecular formula is C24H18N2O4S. The van der Waals surface area contributed by atoms with E-state index in [0.717, 1.165) is 10.4 Å². The highest BCUT2D eigenvalue weighted by atomic mass is 32.1. The standard InChI is InChI=1S/C24H18N2O4S/c1-14-5-10-18(30-2)17(12-14)22(27)20-21(19-4-3-11-31-19)26(24(29)23(20)28)16-8-6-15(13-25)7-9-16/h3-12,21,27H,1-2H3/b22-20-. The normalized spacial score (nSPS) is 17.6. The second kappa shape index (κ2) is 8.09. The molecule has 1 amide bonds. The van der Waals surface area contributed by atoms with E-state index in [0.29, 0.717) is 22.6 Å². The number of aryl methyl sites for hydroxylation is 1. The number of methoxy groups -OCH3 is 1. The number of benzene rings is 2. The summed E-state index contributed by atoms with van der Waals surface area (Å²) >= 11 is 1.38. The third-order valence-corrected chi connectivity index (χ3v) is 6.07. The molecule has 31 heavy (non-hydrogen) atoms. The van der Waals surface area contributed by atoms with Crippen LogP contribution in [0.25, 0.3) is 5.76 Å². The Morgan fingerprint density at radius 2 is 1.90 bits per heavy atom. The van der Waals surface area contributed by atoms with Crippen molar-refractivity contribution in [1.82, 2.24) is 0 Å². The van der Waals surface area contributed by atoms with Crippen molar-refractivity contribution in [3.8, 4) is 11.8 Å². The van der Waals surface area contributed by atoms with Crippen molar-refractivity contribution in [3.05, 3.63) is 87.1 Å². The number of Topliss-reactive ketones (excluding diaryl/α,β-unsaturated/α-hetero) is 1. The maximum atomic E-state index is 13.1. The maximum Gasteiger partial charge on any atom is 0.300 e. The zero-order valence-electron chi connectivity index (χ0n) is 16.8. The molecule has 7 heteroatoms. The third-order valence-electron chi connectivity index (χ3n) is 5.14. The number of thiophene rings is 1. The van der Waals surface area contributed by atoms with Crippen LogP contribution in [-0.2, 0) is 9.59 Å². The Morgan fingerprint density at radius 1 is 1.16 bits per heavy atom. The summed E-state index contributed by atoms with van der Waals surface area (Å²) in [7, 11) is 1.48. The lowest BCUT2D eigenvalue weighted by molar-refractivity contribution is -0.132. The predicted molar refractivity (Wildman–Crippen MR) is 118 cm³/mol. The van der Waals surface area contributed by atoms with Gasteiger partial charge in [0.25, 0.3) is 11.7 Å². The smallest absolute Gasteiger partial charge is 0.300 e. The van der Waals surface area contributed by atoms with Gasteiger partial charge in [-0.15, -0.1) is 11.3 Å². The molecule has 2 heterocycles. The van der Waals surface area contributed by atoms with Gasteiger partial charge in [-0.25, -0.2) is 0 Å². The van der Waals surface area contributed by atoms with Gasteiger partial charge in [-0.2, -0.15) is 5.26 Å². The highest BCUT2D eigenvalue weighted by molar-refractivity contribution is 7.10. The Morgan fingerprint density at radius 3 is 2.52 bits per heavy atom. The number of aliphatic hydroxyl groups is 1. The zero-order chi connectivity index (χ0) is 22.1. The Labute approximate surface area is 183 Å². The van der Waals surface area contributed by atoms with Gasteiger partial charge in [-0.05, 0) is 54.8 Å². The quantitative estimate of drug-likeness (QED) is 0.372. The van der Waals surface area contributed by atoms with Crippen molar-refractivity contribution in [2.45, 2.75) is 13.0 Å². The molecule has 154 valence electrons. The molecule has 1 fully saturated rings. The summed E-state index contributed by atoms with van der Waals surface area (Å²) in [5.74, 6) is -1.40. The monoisotopic (exact) mass is 430 g/mol. The van der Waals surface area contributed by atoms with Gasteiger partial charge < -0.3 is 9.84 Å². The molecular weight excluding hydrogens is 412 g/mol. The fourth-order valence-electron chi connectivity index (χ4n) is 3.66. The van der Waals surface area contributed by atoms with Crippen LogP contribution in [-0.4, -0.2) is 23.9 Å². The van der Waals surface area contributed by atoms with Gasteiger partial charge in [0, 0.05) is 10.6 Å². The van der Waals surface area contributed by atoms with Crippen molar-refractivity contribution in [2.24, 2.45) is 0 Å². The Hall–Kier alpha value is -3.89. The van der Waals surface area contributed by atoms with Crippen molar-refractivity contribution in [2.75, 3.05) is 12.0 Å². The van der Waals surface area contributed by atoms with Crippen LogP contribution >= 0.6 is 11.3 Å². The number of hydrogen-bond donors (Lipinski definition) is 1. The summed E-state index contributed by atoms with van der Waals surface area (Å²) in [6.07, 6.45) is 0. The van der Waals surface area contributed by atoms with Crippen molar-refractivity contribution in [3.63, 3.8) is 0 Å². The average Bonchev–Trinajstić information content (AvgIpc) is 3.40. The molecule has 1 saturated heterocycles. The van der Waals surface area contributed by atoms with E-state index in [1.165, 1.54) is 23.3 Å². The molecule has 1 aliphatic heterocycles. The van der Waals surface area contributed by atoms with Crippen LogP contribution < -0.4 is 9.64 Å². The summed E-state index contributed by atoms with van der Waals surface area (Å²) in [5.41, 5.74) is 2.13. The first kappa shape index (κ1) is 20.4. The molecule has 3 aromatic rings. The van der Waals surface area contributed by atoms with E-state index in [4.69, 9.17) is 10.00 Å². The third kappa shape index (κ3) is 3.47. The Balaban J connectivity index is 1.94. The molecule has 0 bridgehead atoms. The number of amides is 1. The fraction of sp³-hybridized carbons (Fsp3) is 0.125. The zero-order valence-corrected chi connectivity index (χ0v) is 17.6. The molecule has 1 aliphatic rings. The predicted octanol–water partition coefficient (Wildman–Crippen LogP) is 4.56. The average molecular weight is 430 g/mol. The van der Waals surface area contributed by atoms with E-state index in [9.17, 15) is 14.7 Å². The van der Waals surface area contributed by atoms with Gasteiger partial charge in [0.2, 0.25) is 0 Å². The lowest BCUT2D eigenvalue weighted by Crippen LogP contribution is -2.29. The number of hydrogen-bond acceptors (Lipinski definition) is 6. The number of nitrogens with zero attached hydrogens (tertiary/aromatic N) is 2. The summed E-state index contributed by atoms with van der Waals surface area (Å²) in [6.45, 7) is 1.86. The van der Waals surface area contributed by atoms with E-state index in [1.54, 1.807) is 36.4 Å². The molecule has 1 aromatic heterocycles. The van der Waals surface area contributed by atoms with E-state index < -0.39 is 17.7 Å². The van der Waals surface area contributed by atoms with Crippen LogP contribution in [0.15, 0.2) is 65.6 Å². The van der Waals surface area contributed by atoms with Crippen LogP contribution in [0.5, 0.6) is 5.75 Å². The molecule has 0 saturated carbocycles. The van der Waals surface area contributed by atoms with Gasteiger partial charge >= 0.3 is 0 Å². The van der Waals surface area contributed by atoms with Crippen LogP contribution in [0.3, 0.4) is 0 Å². The number of aliphatic hydroxyl groups excluding tert-OH is 1. The number of nitriles is 1. The van der Waals surface area contributed by atoms with Crippen LogP contribution in [0.4, 0.5) is 5.69 Å². The summed E-state index contributed by atoms with van der Waals surface area (Å²) in [5, 5.41) is 22.1. The minimum absolute atomic E-state index is 0.000657. The van der Waals surface area contributed by atoms with Gasteiger partial charge in [0.15, 0.2) is 0 Å². The van der Waals surface area contributed by atoms with Crippen molar-refractivity contribution < 1.29 is 19.4 Å². The van der Waals surface area contributed by atoms with E-state index in [-0.39, 0.29) is 11.3 Å².